The molecule has 0 spiro atoms. The summed E-state index contributed by atoms with van der Waals surface area (Å²) in [5.74, 6) is 1.26. The molecule has 0 saturated heterocycles. The molecular weight excluding hydrogens is 358 g/mol. The first-order valence-electron chi connectivity index (χ1n) is 7.51. The summed E-state index contributed by atoms with van der Waals surface area (Å²) in [5, 5.41) is 2.85. The number of anilines is 1. The van der Waals surface area contributed by atoms with Gasteiger partial charge in [0.25, 0.3) is 5.91 Å². The molecule has 122 valence electrons. The molecule has 2 aromatic rings. The van der Waals surface area contributed by atoms with Crippen molar-refractivity contribution >= 4 is 27.5 Å². The van der Waals surface area contributed by atoms with Crippen LogP contribution < -0.4 is 14.8 Å². The van der Waals surface area contributed by atoms with Crippen molar-refractivity contribution in [1.82, 2.24) is 0 Å². The van der Waals surface area contributed by atoms with Gasteiger partial charge in [0.2, 0.25) is 0 Å². The largest absolute Gasteiger partial charge is 0.497 e. The van der Waals surface area contributed by atoms with Gasteiger partial charge in [0.1, 0.15) is 11.5 Å². The van der Waals surface area contributed by atoms with Crippen molar-refractivity contribution in [3.05, 3.63) is 52.5 Å². The molecule has 0 bridgehead atoms. The van der Waals surface area contributed by atoms with E-state index in [9.17, 15) is 4.79 Å². The Hall–Kier alpha value is -2.01. The standard InChI is InChI=1S/C18H20BrNO3/c1-3-4-10-23-17-9-8-13(11-16(17)19)18(21)20-14-6-5-7-15(12-14)22-2/h5-9,11-12H,3-4,10H2,1-2H3,(H,20,21). The van der Waals surface area contributed by atoms with Crippen LogP contribution in [0.2, 0.25) is 0 Å². The lowest BCUT2D eigenvalue weighted by atomic mass is 10.2. The minimum Gasteiger partial charge on any atom is -0.497 e. The highest BCUT2D eigenvalue weighted by molar-refractivity contribution is 9.10. The minimum atomic E-state index is -0.181. The van der Waals surface area contributed by atoms with Gasteiger partial charge in [-0.25, -0.2) is 0 Å². The zero-order valence-corrected chi connectivity index (χ0v) is 14.9. The van der Waals surface area contributed by atoms with Gasteiger partial charge in [-0.3, -0.25) is 4.79 Å². The minimum absolute atomic E-state index is 0.181. The van der Waals surface area contributed by atoms with Crippen LogP contribution >= 0.6 is 15.9 Å². The number of amides is 1. The van der Waals surface area contributed by atoms with Crippen LogP contribution in [0.4, 0.5) is 5.69 Å². The molecule has 23 heavy (non-hydrogen) atoms. The summed E-state index contributed by atoms with van der Waals surface area (Å²) in [7, 11) is 1.59. The summed E-state index contributed by atoms with van der Waals surface area (Å²) in [6.45, 7) is 2.79. The Morgan fingerprint density at radius 3 is 2.74 bits per heavy atom. The number of methoxy groups -OCH3 is 1. The molecule has 2 aromatic carbocycles. The molecule has 0 heterocycles. The smallest absolute Gasteiger partial charge is 0.255 e. The predicted molar refractivity (Wildman–Crippen MR) is 95.5 cm³/mol. The fourth-order valence-corrected chi connectivity index (χ4v) is 2.48. The third-order valence-electron chi connectivity index (χ3n) is 3.28. The summed E-state index contributed by atoms with van der Waals surface area (Å²) in [6, 6.07) is 12.6. The number of benzene rings is 2. The number of ether oxygens (including phenoxy) is 2. The molecule has 1 amide bonds. The number of rotatable bonds is 7. The normalized spacial score (nSPS) is 10.2. The van der Waals surface area contributed by atoms with Crippen LogP contribution in [0, 0.1) is 0 Å². The molecule has 0 aliphatic rings. The lowest BCUT2D eigenvalue weighted by molar-refractivity contribution is 0.102. The van der Waals surface area contributed by atoms with Crippen molar-refractivity contribution in [1.29, 1.82) is 0 Å². The van der Waals surface area contributed by atoms with Crippen LogP contribution in [-0.4, -0.2) is 19.6 Å². The first-order valence-corrected chi connectivity index (χ1v) is 8.31. The number of nitrogens with one attached hydrogen (secondary N) is 1. The van der Waals surface area contributed by atoms with E-state index in [0.717, 1.165) is 23.1 Å². The number of carbonyl (C=O) groups excluding carboxylic acids is 1. The van der Waals surface area contributed by atoms with Gasteiger partial charge in [0, 0.05) is 17.3 Å². The van der Waals surface area contributed by atoms with Gasteiger partial charge in [-0.1, -0.05) is 19.4 Å². The van der Waals surface area contributed by atoms with E-state index in [1.165, 1.54) is 0 Å². The summed E-state index contributed by atoms with van der Waals surface area (Å²) in [4.78, 5) is 12.3. The van der Waals surface area contributed by atoms with Gasteiger partial charge in [-0.15, -0.1) is 0 Å². The van der Waals surface area contributed by atoms with Gasteiger partial charge in [0.15, 0.2) is 0 Å². The van der Waals surface area contributed by atoms with Crippen LogP contribution in [0.1, 0.15) is 30.1 Å². The van der Waals surface area contributed by atoms with Crippen LogP contribution in [-0.2, 0) is 0 Å². The van der Waals surface area contributed by atoms with Crippen LogP contribution in [0.15, 0.2) is 46.9 Å². The maximum Gasteiger partial charge on any atom is 0.255 e. The molecule has 1 N–H and O–H groups in total. The molecule has 0 fully saturated rings. The quantitative estimate of drug-likeness (QED) is 0.698. The highest BCUT2D eigenvalue weighted by Crippen LogP contribution is 2.27. The van der Waals surface area contributed by atoms with Gasteiger partial charge in [-0.05, 0) is 52.7 Å². The van der Waals surface area contributed by atoms with Crippen LogP contribution in [0.5, 0.6) is 11.5 Å². The lowest BCUT2D eigenvalue weighted by Crippen LogP contribution is -2.12. The fourth-order valence-electron chi connectivity index (χ4n) is 1.99. The predicted octanol–water partition coefficient (Wildman–Crippen LogP) is 4.89. The molecular formula is C18H20BrNO3. The highest BCUT2D eigenvalue weighted by atomic mass is 79.9. The van der Waals surface area contributed by atoms with Gasteiger partial charge in [-0.2, -0.15) is 0 Å². The Morgan fingerprint density at radius 1 is 1.22 bits per heavy atom. The first kappa shape index (κ1) is 17.3. The van der Waals surface area contributed by atoms with Crippen LogP contribution in [0.3, 0.4) is 0 Å². The molecule has 2 rings (SSSR count). The Bertz CT molecular complexity index is 673. The van der Waals surface area contributed by atoms with Crippen molar-refractivity contribution < 1.29 is 14.3 Å². The van der Waals surface area contributed by atoms with Crippen molar-refractivity contribution in [2.75, 3.05) is 19.0 Å². The lowest BCUT2D eigenvalue weighted by Gasteiger charge is -2.10. The van der Waals surface area contributed by atoms with Crippen molar-refractivity contribution in [2.45, 2.75) is 19.8 Å². The van der Waals surface area contributed by atoms with E-state index >= 15 is 0 Å². The van der Waals surface area contributed by atoms with E-state index < -0.39 is 0 Å². The molecule has 0 aromatic heterocycles. The molecule has 0 unspecified atom stereocenters. The van der Waals surface area contributed by atoms with E-state index in [1.807, 2.05) is 18.2 Å². The molecule has 0 aliphatic heterocycles. The monoisotopic (exact) mass is 377 g/mol. The Kier molecular flexibility index (Phi) is 6.47. The first-order chi connectivity index (χ1) is 11.1. The summed E-state index contributed by atoms with van der Waals surface area (Å²) >= 11 is 3.45. The number of hydrogen-bond donors (Lipinski definition) is 1. The fraction of sp³-hybridized carbons (Fsp3) is 0.278. The maximum atomic E-state index is 12.3. The molecule has 0 saturated carbocycles. The Labute approximate surface area is 144 Å². The Balaban J connectivity index is 2.05. The summed E-state index contributed by atoms with van der Waals surface area (Å²) in [6.07, 6.45) is 2.09. The molecule has 4 nitrogen and oxygen atoms in total. The van der Waals surface area contributed by atoms with E-state index in [-0.39, 0.29) is 5.91 Å². The van der Waals surface area contributed by atoms with Crippen molar-refractivity contribution in [2.24, 2.45) is 0 Å². The molecule has 0 radical (unpaired) electrons. The summed E-state index contributed by atoms with van der Waals surface area (Å²) in [5.41, 5.74) is 1.25. The molecule has 0 aliphatic carbocycles. The number of hydrogen-bond acceptors (Lipinski definition) is 3. The van der Waals surface area contributed by atoms with E-state index in [2.05, 4.69) is 28.2 Å². The van der Waals surface area contributed by atoms with E-state index in [1.54, 1.807) is 31.4 Å². The number of halogens is 1. The molecule has 0 atom stereocenters. The second kappa shape index (κ2) is 8.58. The van der Waals surface area contributed by atoms with Gasteiger partial charge >= 0.3 is 0 Å². The third kappa shape index (κ3) is 4.99. The second-order valence-corrected chi connectivity index (χ2v) is 5.89. The highest BCUT2D eigenvalue weighted by Gasteiger charge is 2.10. The zero-order valence-electron chi connectivity index (χ0n) is 13.3. The van der Waals surface area contributed by atoms with Crippen LogP contribution in [0.25, 0.3) is 0 Å². The number of carbonyl (C=O) groups is 1. The number of unbranched alkanes of at least 4 members (excludes halogenated alkanes) is 1. The Morgan fingerprint density at radius 2 is 2.04 bits per heavy atom. The second-order valence-electron chi connectivity index (χ2n) is 5.03. The average molecular weight is 378 g/mol. The summed E-state index contributed by atoms with van der Waals surface area (Å²) < 4.78 is 11.6. The van der Waals surface area contributed by atoms with E-state index in [0.29, 0.717) is 23.6 Å². The zero-order chi connectivity index (χ0) is 16.7. The maximum absolute atomic E-state index is 12.3. The molecule has 5 heteroatoms. The van der Waals surface area contributed by atoms with E-state index in [4.69, 9.17) is 9.47 Å². The van der Waals surface area contributed by atoms with Gasteiger partial charge < -0.3 is 14.8 Å². The average Bonchev–Trinajstić information content (AvgIpc) is 2.56. The van der Waals surface area contributed by atoms with Gasteiger partial charge in [0.05, 0.1) is 18.2 Å². The van der Waals surface area contributed by atoms with Crippen molar-refractivity contribution in [3.63, 3.8) is 0 Å². The van der Waals surface area contributed by atoms with Crippen molar-refractivity contribution in [3.8, 4) is 11.5 Å². The topological polar surface area (TPSA) is 47.6 Å². The SMILES string of the molecule is CCCCOc1ccc(C(=O)Nc2cccc(OC)c2)cc1Br. The third-order valence-corrected chi connectivity index (χ3v) is 3.90.